The summed E-state index contributed by atoms with van der Waals surface area (Å²) < 4.78 is 2.06. The second-order valence-corrected chi connectivity index (χ2v) is 4.34. The molecule has 0 fully saturated rings. The minimum Gasteiger partial charge on any atom is -0.331 e. The molecular formula is C13H18N4O. The van der Waals surface area contributed by atoms with Crippen LogP contribution in [0, 0.1) is 6.92 Å². The van der Waals surface area contributed by atoms with Crippen molar-refractivity contribution in [2.45, 2.75) is 19.8 Å². The van der Waals surface area contributed by atoms with Gasteiger partial charge in [0.2, 0.25) is 5.91 Å². The molecular weight excluding hydrogens is 228 g/mol. The summed E-state index contributed by atoms with van der Waals surface area (Å²) >= 11 is 0. The highest BCUT2D eigenvalue weighted by Gasteiger charge is 2.06. The molecule has 0 aliphatic heterocycles. The van der Waals surface area contributed by atoms with Gasteiger partial charge in [0.25, 0.3) is 0 Å². The fourth-order valence-corrected chi connectivity index (χ4v) is 1.98. The molecule has 1 aromatic carbocycles. The van der Waals surface area contributed by atoms with Crippen molar-refractivity contribution in [3.8, 4) is 0 Å². The van der Waals surface area contributed by atoms with Crippen molar-refractivity contribution in [3.63, 3.8) is 0 Å². The van der Waals surface area contributed by atoms with Gasteiger partial charge in [-0.1, -0.05) is 6.07 Å². The first-order valence-electron chi connectivity index (χ1n) is 5.99. The van der Waals surface area contributed by atoms with Crippen molar-refractivity contribution in [3.05, 3.63) is 29.6 Å². The van der Waals surface area contributed by atoms with Gasteiger partial charge in [-0.3, -0.25) is 10.2 Å². The Balaban J connectivity index is 2.13. The van der Waals surface area contributed by atoms with E-state index in [2.05, 4.69) is 38.6 Å². The van der Waals surface area contributed by atoms with E-state index in [0.717, 1.165) is 28.8 Å². The monoisotopic (exact) mass is 246 g/mol. The summed E-state index contributed by atoms with van der Waals surface area (Å²) in [4.78, 5) is 15.8. The number of imidazole rings is 1. The summed E-state index contributed by atoms with van der Waals surface area (Å²) in [5.41, 5.74) is 8.43. The molecule has 5 heteroatoms. The van der Waals surface area contributed by atoms with Gasteiger partial charge in [0.15, 0.2) is 0 Å². The van der Waals surface area contributed by atoms with Crippen molar-refractivity contribution in [1.29, 1.82) is 0 Å². The lowest BCUT2D eigenvalue weighted by Crippen LogP contribution is -2.34. The van der Waals surface area contributed by atoms with Gasteiger partial charge in [-0.05, 0) is 31.0 Å². The predicted octanol–water partition coefficient (Wildman–Crippen LogP) is 1.06. The Labute approximate surface area is 106 Å². The van der Waals surface area contributed by atoms with Crippen LogP contribution in [0.2, 0.25) is 0 Å². The minimum absolute atomic E-state index is 0.00482. The maximum atomic E-state index is 11.3. The van der Waals surface area contributed by atoms with E-state index >= 15 is 0 Å². The Morgan fingerprint density at radius 1 is 1.44 bits per heavy atom. The van der Waals surface area contributed by atoms with Crippen LogP contribution in [-0.4, -0.2) is 22.5 Å². The standard InChI is InChI=1S/C13H18N4O/c1-9-15-11-8-10(4-6-12(11)17(9)3)5-7-13(18)16-14-2/h4,6,8,14H,5,7H2,1-3H3,(H,16,18). The summed E-state index contributed by atoms with van der Waals surface area (Å²) in [5, 5.41) is 0. The smallest absolute Gasteiger partial charge is 0.234 e. The molecule has 0 unspecified atom stereocenters. The maximum Gasteiger partial charge on any atom is 0.234 e. The molecule has 1 aromatic heterocycles. The topological polar surface area (TPSA) is 58.9 Å². The first-order valence-corrected chi connectivity index (χ1v) is 5.99. The first kappa shape index (κ1) is 12.6. The number of nitrogens with one attached hydrogen (secondary N) is 2. The Kier molecular flexibility index (Phi) is 3.62. The third-order valence-corrected chi connectivity index (χ3v) is 3.07. The van der Waals surface area contributed by atoms with Crippen LogP contribution in [0.3, 0.4) is 0 Å². The third kappa shape index (κ3) is 2.51. The average Bonchev–Trinajstić information content (AvgIpc) is 2.63. The number of hydrogen-bond donors (Lipinski definition) is 2. The molecule has 0 saturated carbocycles. The Morgan fingerprint density at radius 3 is 2.94 bits per heavy atom. The van der Waals surface area contributed by atoms with Crippen molar-refractivity contribution < 1.29 is 4.79 Å². The molecule has 0 atom stereocenters. The van der Waals surface area contributed by atoms with Crippen LogP contribution in [0.25, 0.3) is 11.0 Å². The largest absolute Gasteiger partial charge is 0.331 e. The molecule has 2 rings (SSSR count). The van der Waals surface area contributed by atoms with Gasteiger partial charge >= 0.3 is 0 Å². The van der Waals surface area contributed by atoms with E-state index in [1.807, 2.05) is 14.0 Å². The fourth-order valence-electron chi connectivity index (χ4n) is 1.98. The zero-order valence-electron chi connectivity index (χ0n) is 10.9. The normalized spacial score (nSPS) is 10.8. The lowest BCUT2D eigenvalue weighted by molar-refractivity contribution is -0.121. The second-order valence-electron chi connectivity index (χ2n) is 4.34. The highest BCUT2D eigenvalue weighted by molar-refractivity contribution is 5.78. The molecule has 2 N–H and O–H groups in total. The van der Waals surface area contributed by atoms with Crippen LogP contribution in [0.5, 0.6) is 0 Å². The highest BCUT2D eigenvalue weighted by atomic mass is 16.2. The maximum absolute atomic E-state index is 11.3. The Bertz CT molecular complexity index is 574. The number of hydrazine groups is 1. The van der Waals surface area contributed by atoms with E-state index in [1.165, 1.54) is 0 Å². The van der Waals surface area contributed by atoms with Crippen LogP contribution < -0.4 is 10.9 Å². The molecule has 0 bridgehead atoms. The van der Waals surface area contributed by atoms with Crippen molar-refractivity contribution in [2.24, 2.45) is 7.05 Å². The average molecular weight is 246 g/mol. The van der Waals surface area contributed by atoms with E-state index in [0.29, 0.717) is 6.42 Å². The number of carbonyl (C=O) groups excluding carboxylic acids is 1. The van der Waals surface area contributed by atoms with Gasteiger partial charge < -0.3 is 4.57 Å². The van der Waals surface area contributed by atoms with Crippen LogP contribution >= 0.6 is 0 Å². The SMILES string of the molecule is CNNC(=O)CCc1ccc2c(c1)nc(C)n2C. The molecule has 0 spiro atoms. The van der Waals surface area contributed by atoms with E-state index < -0.39 is 0 Å². The molecule has 1 heterocycles. The summed E-state index contributed by atoms with van der Waals surface area (Å²) in [6.07, 6.45) is 1.19. The van der Waals surface area contributed by atoms with Crippen LogP contribution in [0.4, 0.5) is 0 Å². The van der Waals surface area contributed by atoms with Crippen LogP contribution in [-0.2, 0) is 18.3 Å². The van der Waals surface area contributed by atoms with E-state index in [-0.39, 0.29) is 5.91 Å². The van der Waals surface area contributed by atoms with Crippen LogP contribution in [0.15, 0.2) is 18.2 Å². The minimum atomic E-state index is -0.00482. The van der Waals surface area contributed by atoms with E-state index in [1.54, 1.807) is 7.05 Å². The molecule has 0 radical (unpaired) electrons. The summed E-state index contributed by atoms with van der Waals surface area (Å²) in [7, 11) is 3.69. The molecule has 2 aromatic rings. The lowest BCUT2D eigenvalue weighted by Gasteiger charge is -2.03. The number of fused-ring (bicyclic) bond motifs is 1. The van der Waals surface area contributed by atoms with Crippen LogP contribution in [0.1, 0.15) is 17.8 Å². The number of benzene rings is 1. The van der Waals surface area contributed by atoms with Crippen molar-refractivity contribution >= 4 is 16.9 Å². The lowest BCUT2D eigenvalue weighted by atomic mass is 10.1. The molecule has 96 valence electrons. The molecule has 0 aliphatic carbocycles. The molecule has 0 saturated heterocycles. The van der Waals surface area contributed by atoms with Gasteiger partial charge in [-0.15, -0.1) is 0 Å². The van der Waals surface area contributed by atoms with Gasteiger partial charge in [0.05, 0.1) is 11.0 Å². The van der Waals surface area contributed by atoms with Crippen molar-refractivity contribution in [2.75, 3.05) is 7.05 Å². The second kappa shape index (κ2) is 5.18. The Morgan fingerprint density at radius 2 is 2.22 bits per heavy atom. The quantitative estimate of drug-likeness (QED) is 0.793. The predicted molar refractivity (Wildman–Crippen MR) is 71.0 cm³/mol. The highest BCUT2D eigenvalue weighted by Crippen LogP contribution is 2.17. The number of nitrogens with zero attached hydrogens (tertiary/aromatic N) is 2. The summed E-state index contributed by atoms with van der Waals surface area (Å²) in [5.74, 6) is 0.991. The number of rotatable bonds is 4. The zero-order chi connectivity index (χ0) is 13.1. The zero-order valence-corrected chi connectivity index (χ0v) is 10.9. The first-order chi connectivity index (χ1) is 8.61. The molecule has 0 aliphatic rings. The van der Waals surface area contributed by atoms with E-state index in [4.69, 9.17) is 0 Å². The fraction of sp³-hybridized carbons (Fsp3) is 0.385. The summed E-state index contributed by atoms with van der Waals surface area (Å²) in [6.45, 7) is 1.99. The molecule has 18 heavy (non-hydrogen) atoms. The Hall–Kier alpha value is -1.88. The number of carbonyl (C=O) groups is 1. The number of aromatic nitrogens is 2. The van der Waals surface area contributed by atoms with Gasteiger partial charge in [0.1, 0.15) is 5.82 Å². The van der Waals surface area contributed by atoms with E-state index in [9.17, 15) is 4.79 Å². The number of aryl methyl sites for hydroxylation is 3. The molecule has 1 amide bonds. The van der Waals surface area contributed by atoms with Gasteiger partial charge in [0, 0.05) is 20.5 Å². The van der Waals surface area contributed by atoms with Gasteiger partial charge in [-0.2, -0.15) is 0 Å². The van der Waals surface area contributed by atoms with Gasteiger partial charge in [-0.25, -0.2) is 10.4 Å². The summed E-state index contributed by atoms with van der Waals surface area (Å²) in [6, 6.07) is 6.16. The third-order valence-electron chi connectivity index (χ3n) is 3.07. The number of hydrogen-bond acceptors (Lipinski definition) is 3. The van der Waals surface area contributed by atoms with Crippen molar-refractivity contribution in [1.82, 2.24) is 20.4 Å². The number of amides is 1. The molecule has 5 nitrogen and oxygen atoms in total.